The van der Waals surface area contributed by atoms with Gasteiger partial charge in [0.25, 0.3) is 0 Å². The number of rotatable bonds is 6. The second-order valence-corrected chi connectivity index (χ2v) is 6.81. The van der Waals surface area contributed by atoms with Gasteiger partial charge in [-0.3, -0.25) is 19.1 Å². The van der Waals surface area contributed by atoms with Crippen LogP contribution in [0.5, 0.6) is 0 Å². The maximum Gasteiger partial charge on any atom is 0.308 e. The molecule has 28 heavy (non-hydrogen) atoms. The van der Waals surface area contributed by atoms with Gasteiger partial charge in [-0.25, -0.2) is 0 Å². The van der Waals surface area contributed by atoms with E-state index in [1.54, 1.807) is 35.9 Å². The highest BCUT2D eigenvalue weighted by atomic mass is 16.5. The van der Waals surface area contributed by atoms with E-state index in [1.807, 2.05) is 32.0 Å². The Hall–Kier alpha value is -3.28. The zero-order valence-electron chi connectivity index (χ0n) is 16.1. The van der Waals surface area contributed by atoms with Crippen LogP contribution in [0.1, 0.15) is 34.8 Å². The minimum atomic E-state index is -0.869. The molecule has 0 amide bonds. The molecule has 0 saturated heterocycles. The van der Waals surface area contributed by atoms with Crippen LogP contribution in [-0.4, -0.2) is 27.6 Å². The Balaban J connectivity index is 1.66. The second kappa shape index (κ2) is 8.17. The highest BCUT2D eigenvalue weighted by molar-refractivity contribution is 6.01. The van der Waals surface area contributed by atoms with Crippen molar-refractivity contribution >= 4 is 22.7 Å². The number of carbonyl (C=O) groups excluding carboxylic acids is 2. The summed E-state index contributed by atoms with van der Waals surface area (Å²) in [5, 5.41) is 4.64. The predicted molar refractivity (Wildman–Crippen MR) is 106 cm³/mol. The number of ketones is 1. The van der Waals surface area contributed by atoms with E-state index in [9.17, 15) is 14.4 Å². The first-order chi connectivity index (χ1) is 13.4. The first-order valence-corrected chi connectivity index (χ1v) is 9.12. The van der Waals surface area contributed by atoms with Crippen LogP contribution in [0, 0.1) is 13.8 Å². The average molecular weight is 378 g/mol. The number of hydrogen-bond donors (Lipinski definition) is 0. The molecule has 1 aromatic heterocycles. The van der Waals surface area contributed by atoms with Crippen molar-refractivity contribution in [1.82, 2.24) is 9.78 Å². The van der Waals surface area contributed by atoms with Crippen molar-refractivity contribution in [2.45, 2.75) is 39.8 Å². The molecule has 0 radical (unpaired) electrons. The lowest BCUT2D eigenvalue weighted by Crippen LogP contribution is -2.26. The van der Waals surface area contributed by atoms with E-state index in [0.29, 0.717) is 16.5 Å². The molecule has 6 heteroatoms. The van der Waals surface area contributed by atoms with Gasteiger partial charge in [0.2, 0.25) is 11.2 Å². The molecule has 1 atom stereocenters. The number of aryl methyl sites for hydroxylation is 3. The number of para-hydroxylation sites is 1. The number of nitrogens with zero attached hydrogens (tertiary/aromatic N) is 2. The van der Waals surface area contributed by atoms with E-state index in [4.69, 9.17) is 4.74 Å². The van der Waals surface area contributed by atoms with E-state index < -0.39 is 12.1 Å². The molecule has 0 saturated carbocycles. The molecule has 0 bridgehead atoms. The van der Waals surface area contributed by atoms with E-state index in [-0.39, 0.29) is 24.2 Å². The molecule has 0 fully saturated rings. The molecule has 3 rings (SSSR count). The summed E-state index contributed by atoms with van der Waals surface area (Å²) < 4.78 is 6.92. The van der Waals surface area contributed by atoms with Crippen LogP contribution in [0.4, 0.5) is 0 Å². The molecule has 144 valence electrons. The first-order valence-electron chi connectivity index (χ1n) is 9.12. The fraction of sp³-hybridized carbons (Fsp3) is 0.273. The van der Waals surface area contributed by atoms with Gasteiger partial charge in [-0.05, 0) is 44.5 Å². The maximum atomic E-state index is 12.6. The van der Waals surface area contributed by atoms with E-state index in [2.05, 4.69) is 5.10 Å². The lowest BCUT2D eigenvalue weighted by atomic mass is 9.99. The van der Waals surface area contributed by atoms with E-state index in [1.165, 1.54) is 6.20 Å². The number of Topliss-reactive ketones (excluding diaryl/α,β-unsaturated/α-hetero) is 1. The maximum absolute atomic E-state index is 12.6. The van der Waals surface area contributed by atoms with Crippen LogP contribution >= 0.6 is 0 Å². The number of carbonyl (C=O) groups is 2. The molecule has 3 aromatic rings. The molecule has 0 unspecified atom stereocenters. The second-order valence-electron chi connectivity index (χ2n) is 6.81. The molecule has 0 aliphatic rings. The summed E-state index contributed by atoms with van der Waals surface area (Å²) >= 11 is 0. The molecule has 2 aromatic carbocycles. The smallest absolute Gasteiger partial charge is 0.308 e. The van der Waals surface area contributed by atoms with Crippen molar-refractivity contribution in [3.05, 3.63) is 75.6 Å². The molecular formula is C22H22N2O4. The van der Waals surface area contributed by atoms with Gasteiger partial charge >= 0.3 is 5.97 Å². The first kappa shape index (κ1) is 19.5. The summed E-state index contributed by atoms with van der Waals surface area (Å²) in [6.45, 7) is 5.60. The summed E-state index contributed by atoms with van der Waals surface area (Å²) in [7, 11) is 0. The Kier molecular flexibility index (Phi) is 5.68. The number of ether oxygens (including phenoxy) is 1. The highest BCUT2D eigenvalue weighted by Gasteiger charge is 2.21. The molecule has 0 N–H and O–H groups in total. The van der Waals surface area contributed by atoms with Gasteiger partial charge in [0.15, 0.2) is 6.10 Å². The van der Waals surface area contributed by atoms with Crippen molar-refractivity contribution in [1.29, 1.82) is 0 Å². The summed E-state index contributed by atoms with van der Waals surface area (Å²) in [6.07, 6.45) is 0.414. The average Bonchev–Trinajstić information content (AvgIpc) is 2.69. The molecule has 0 aliphatic carbocycles. The Morgan fingerprint density at radius 2 is 1.89 bits per heavy atom. The Morgan fingerprint density at radius 3 is 2.68 bits per heavy atom. The van der Waals surface area contributed by atoms with Gasteiger partial charge in [0, 0.05) is 10.9 Å². The Morgan fingerprint density at radius 1 is 1.14 bits per heavy atom. The van der Waals surface area contributed by atoms with Crippen LogP contribution in [0.2, 0.25) is 0 Å². The van der Waals surface area contributed by atoms with Crippen LogP contribution in [0.3, 0.4) is 0 Å². The standard InChI is InChI=1S/C22H22N2O4/c1-14-8-9-15(2)18(12-14)22(27)16(3)28-21(26)10-11-24-19-7-5-4-6-17(19)20(25)13-23-24/h4-9,12-13,16H,10-11H2,1-3H3/t16-/m0/s1. The lowest BCUT2D eigenvalue weighted by Gasteiger charge is -2.15. The highest BCUT2D eigenvalue weighted by Crippen LogP contribution is 2.15. The van der Waals surface area contributed by atoms with Crippen LogP contribution < -0.4 is 5.43 Å². The quantitative estimate of drug-likeness (QED) is 0.486. The van der Waals surface area contributed by atoms with Gasteiger partial charge in [-0.2, -0.15) is 5.10 Å². The number of hydrogen-bond acceptors (Lipinski definition) is 5. The third kappa shape index (κ3) is 4.17. The predicted octanol–water partition coefficient (Wildman–Crippen LogP) is 3.22. The van der Waals surface area contributed by atoms with Crippen molar-refractivity contribution in [2.24, 2.45) is 0 Å². The third-order valence-corrected chi connectivity index (χ3v) is 4.63. The van der Waals surface area contributed by atoms with Crippen molar-refractivity contribution in [3.63, 3.8) is 0 Å². The zero-order chi connectivity index (χ0) is 20.3. The van der Waals surface area contributed by atoms with Crippen LogP contribution in [0.25, 0.3) is 10.9 Å². The third-order valence-electron chi connectivity index (χ3n) is 4.63. The summed E-state index contributed by atoms with van der Waals surface area (Å²) in [5.41, 5.74) is 2.88. The van der Waals surface area contributed by atoms with Crippen molar-refractivity contribution in [3.8, 4) is 0 Å². The van der Waals surface area contributed by atoms with Gasteiger partial charge in [0.05, 0.1) is 24.7 Å². The SMILES string of the molecule is Cc1ccc(C)c(C(=O)[C@H](C)OC(=O)CCn2ncc(=O)c3ccccc32)c1. The summed E-state index contributed by atoms with van der Waals surface area (Å²) in [6, 6.07) is 12.7. The summed E-state index contributed by atoms with van der Waals surface area (Å²) in [4.78, 5) is 36.7. The Labute approximate surface area is 162 Å². The van der Waals surface area contributed by atoms with Crippen molar-refractivity contribution in [2.75, 3.05) is 0 Å². The molecule has 0 aliphatic heterocycles. The number of esters is 1. The minimum Gasteiger partial charge on any atom is -0.454 e. The normalized spacial score (nSPS) is 12.0. The lowest BCUT2D eigenvalue weighted by molar-refractivity contribution is -0.146. The minimum absolute atomic E-state index is 0.0459. The van der Waals surface area contributed by atoms with E-state index in [0.717, 1.165) is 11.1 Å². The topological polar surface area (TPSA) is 78.3 Å². The van der Waals surface area contributed by atoms with E-state index >= 15 is 0 Å². The van der Waals surface area contributed by atoms with Crippen molar-refractivity contribution < 1.29 is 14.3 Å². The molecule has 1 heterocycles. The monoisotopic (exact) mass is 378 g/mol. The van der Waals surface area contributed by atoms with Crippen LogP contribution in [-0.2, 0) is 16.1 Å². The van der Waals surface area contributed by atoms with Gasteiger partial charge in [0.1, 0.15) is 0 Å². The number of fused-ring (bicyclic) bond motifs is 1. The largest absolute Gasteiger partial charge is 0.454 e. The van der Waals surface area contributed by atoms with Crippen LogP contribution in [0.15, 0.2) is 53.5 Å². The molecule has 0 spiro atoms. The fourth-order valence-electron chi connectivity index (χ4n) is 3.07. The Bertz CT molecular complexity index is 1100. The number of benzene rings is 2. The molecule has 6 nitrogen and oxygen atoms in total. The summed E-state index contributed by atoms with van der Waals surface area (Å²) in [5.74, 6) is -0.711. The van der Waals surface area contributed by atoms with Gasteiger partial charge in [-0.15, -0.1) is 0 Å². The van der Waals surface area contributed by atoms with Gasteiger partial charge < -0.3 is 4.74 Å². The number of aromatic nitrogens is 2. The fourth-order valence-corrected chi connectivity index (χ4v) is 3.07. The molecular weight excluding hydrogens is 356 g/mol. The van der Waals surface area contributed by atoms with Gasteiger partial charge in [-0.1, -0.05) is 29.8 Å². The zero-order valence-corrected chi connectivity index (χ0v) is 16.1.